The summed E-state index contributed by atoms with van der Waals surface area (Å²) in [7, 11) is 3.76. The molecule has 0 aromatic carbocycles. The van der Waals surface area contributed by atoms with E-state index >= 15 is 0 Å². The standard InChI is InChI=1S/C8H9N3S/c1-11(2)6-7(5-9)8-10-3-4-12-8/h3-4,6H,1-2H3. The van der Waals surface area contributed by atoms with E-state index in [9.17, 15) is 0 Å². The molecular formula is C8H9N3S. The number of thiazole rings is 1. The quantitative estimate of drug-likeness (QED) is 0.647. The highest BCUT2D eigenvalue weighted by Crippen LogP contribution is 2.15. The second kappa shape index (κ2) is 3.88. The minimum atomic E-state index is 0.606. The van der Waals surface area contributed by atoms with Gasteiger partial charge in [-0.25, -0.2) is 4.98 Å². The van der Waals surface area contributed by atoms with Crippen LogP contribution in [0.2, 0.25) is 0 Å². The Labute approximate surface area is 75.6 Å². The average Bonchev–Trinajstić information content (AvgIpc) is 2.51. The first-order valence-electron chi connectivity index (χ1n) is 3.42. The Hall–Kier alpha value is -1.34. The first-order valence-corrected chi connectivity index (χ1v) is 4.30. The van der Waals surface area contributed by atoms with Crippen molar-refractivity contribution in [1.82, 2.24) is 9.88 Å². The number of rotatable bonds is 2. The van der Waals surface area contributed by atoms with E-state index in [4.69, 9.17) is 5.26 Å². The van der Waals surface area contributed by atoms with Crippen molar-refractivity contribution >= 4 is 16.9 Å². The summed E-state index contributed by atoms with van der Waals surface area (Å²) in [5, 5.41) is 11.4. The Morgan fingerprint density at radius 3 is 2.92 bits per heavy atom. The minimum absolute atomic E-state index is 0.606. The van der Waals surface area contributed by atoms with Crippen molar-refractivity contribution in [3.05, 3.63) is 22.8 Å². The smallest absolute Gasteiger partial charge is 0.135 e. The summed E-state index contributed by atoms with van der Waals surface area (Å²) >= 11 is 1.47. The van der Waals surface area contributed by atoms with E-state index in [2.05, 4.69) is 11.1 Å². The lowest BCUT2D eigenvalue weighted by Crippen LogP contribution is -2.01. The molecule has 0 bridgehead atoms. The van der Waals surface area contributed by atoms with Gasteiger partial charge < -0.3 is 4.90 Å². The van der Waals surface area contributed by atoms with E-state index < -0.39 is 0 Å². The first kappa shape index (κ1) is 8.75. The number of hydrogen-bond donors (Lipinski definition) is 0. The zero-order chi connectivity index (χ0) is 8.97. The normalized spacial score (nSPS) is 10.9. The molecule has 0 N–H and O–H groups in total. The number of nitrogens with zero attached hydrogens (tertiary/aromatic N) is 3. The molecule has 0 spiro atoms. The first-order chi connectivity index (χ1) is 5.74. The van der Waals surface area contributed by atoms with Crippen LogP contribution >= 0.6 is 11.3 Å². The van der Waals surface area contributed by atoms with Gasteiger partial charge in [-0.2, -0.15) is 5.26 Å². The molecule has 62 valence electrons. The van der Waals surface area contributed by atoms with Crippen LogP contribution in [0.5, 0.6) is 0 Å². The molecule has 12 heavy (non-hydrogen) atoms. The van der Waals surface area contributed by atoms with Crippen molar-refractivity contribution in [3.63, 3.8) is 0 Å². The van der Waals surface area contributed by atoms with Gasteiger partial charge in [-0.05, 0) is 0 Å². The van der Waals surface area contributed by atoms with Crippen molar-refractivity contribution in [1.29, 1.82) is 5.26 Å². The number of hydrogen-bond acceptors (Lipinski definition) is 4. The summed E-state index contributed by atoms with van der Waals surface area (Å²) in [5.41, 5.74) is 0.606. The molecule has 1 aromatic rings. The fourth-order valence-corrected chi connectivity index (χ4v) is 1.34. The monoisotopic (exact) mass is 179 g/mol. The molecule has 1 heterocycles. The Bertz CT molecular complexity index is 306. The van der Waals surface area contributed by atoms with E-state index in [1.165, 1.54) is 11.3 Å². The van der Waals surface area contributed by atoms with Gasteiger partial charge >= 0.3 is 0 Å². The largest absolute Gasteiger partial charge is 0.382 e. The van der Waals surface area contributed by atoms with Crippen molar-refractivity contribution in [2.45, 2.75) is 0 Å². The van der Waals surface area contributed by atoms with Crippen LogP contribution in [0.3, 0.4) is 0 Å². The molecule has 0 saturated heterocycles. The molecule has 0 amide bonds. The van der Waals surface area contributed by atoms with Crippen LogP contribution in [0.1, 0.15) is 5.01 Å². The zero-order valence-corrected chi connectivity index (χ0v) is 7.80. The summed E-state index contributed by atoms with van der Waals surface area (Å²) in [5.74, 6) is 0. The number of allylic oxidation sites excluding steroid dienone is 1. The van der Waals surface area contributed by atoms with Crippen LogP contribution in [0.4, 0.5) is 0 Å². The van der Waals surface area contributed by atoms with E-state index in [1.54, 1.807) is 12.4 Å². The molecule has 0 atom stereocenters. The Morgan fingerprint density at radius 2 is 2.50 bits per heavy atom. The Balaban J connectivity index is 2.93. The van der Waals surface area contributed by atoms with Gasteiger partial charge in [-0.15, -0.1) is 11.3 Å². The Morgan fingerprint density at radius 1 is 1.75 bits per heavy atom. The molecule has 1 rings (SSSR count). The van der Waals surface area contributed by atoms with E-state index in [0.29, 0.717) is 5.57 Å². The van der Waals surface area contributed by atoms with E-state index in [-0.39, 0.29) is 0 Å². The topological polar surface area (TPSA) is 39.9 Å². The van der Waals surface area contributed by atoms with Crippen LogP contribution < -0.4 is 0 Å². The van der Waals surface area contributed by atoms with Crippen LogP contribution in [0.15, 0.2) is 17.8 Å². The zero-order valence-electron chi connectivity index (χ0n) is 6.98. The molecule has 0 aliphatic heterocycles. The molecule has 4 heteroatoms. The maximum Gasteiger partial charge on any atom is 0.135 e. The van der Waals surface area contributed by atoms with Gasteiger partial charge in [0.15, 0.2) is 0 Å². The molecule has 0 saturated carbocycles. The summed E-state index contributed by atoms with van der Waals surface area (Å²) in [6.07, 6.45) is 3.46. The lowest BCUT2D eigenvalue weighted by atomic mass is 10.3. The highest BCUT2D eigenvalue weighted by atomic mass is 32.1. The predicted octanol–water partition coefficient (Wildman–Crippen LogP) is 1.57. The highest BCUT2D eigenvalue weighted by Gasteiger charge is 2.02. The number of nitriles is 1. The van der Waals surface area contributed by atoms with Gasteiger partial charge in [-0.3, -0.25) is 0 Å². The lowest BCUT2D eigenvalue weighted by Gasteiger charge is -2.03. The molecule has 1 aromatic heterocycles. The highest BCUT2D eigenvalue weighted by molar-refractivity contribution is 7.10. The Kier molecular flexibility index (Phi) is 2.83. The third-order valence-corrected chi connectivity index (χ3v) is 1.98. The fraction of sp³-hybridized carbons (Fsp3) is 0.250. The van der Waals surface area contributed by atoms with Crippen molar-refractivity contribution < 1.29 is 0 Å². The van der Waals surface area contributed by atoms with Crippen LogP contribution in [0, 0.1) is 11.3 Å². The van der Waals surface area contributed by atoms with E-state index in [1.807, 2.05) is 24.4 Å². The average molecular weight is 179 g/mol. The lowest BCUT2D eigenvalue weighted by molar-refractivity contribution is 0.566. The van der Waals surface area contributed by atoms with Gasteiger partial charge in [0.25, 0.3) is 0 Å². The summed E-state index contributed by atoms with van der Waals surface area (Å²) < 4.78 is 0. The summed E-state index contributed by atoms with van der Waals surface area (Å²) in [4.78, 5) is 5.87. The molecule has 0 radical (unpaired) electrons. The molecule has 0 fully saturated rings. The second-order valence-electron chi connectivity index (χ2n) is 2.46. The molecule has 0 aliphatic rings. The van der Waals surface area contributed by atoms with E-state index in [0.717, 1.165) is 5.01 Å². The maximum atomic E-state index is 8.77. The van der Waals surface area contributed by atoms with Gasteiger partial charge in [0.05, 0.1) is 0 Å². The second-order valence-corrected chi connectivity index (χ2v) is 3.35. The van der Waals surface area contributed by atoms with Gasteiger partial charge in [0.2, 0.25) is 0 Å². The fourth-order valence-electron chi connectivity index (χ4n) is 0.747. The van der Waals surface area contributed by atoms with Crippen LogP contribution in [-0.2, 0) is 0 Å². The van der Waals surface area contributed by atoms with Crippen LogP contribution in [-0.4, -0.2) is 24.0 Å². The van der Waals surface area contributed by atoms with Crippen LogP contribution in [0.25, 0.3) is 5.57 Å². The SMILES string of the molecule is CN(C)C=C(C#N)c1nccs1. The third-order valence-electron chi connectivity index (χ3n) is 1.17. The van der Waals surface area contributed by atoms with Gasteiger partial charge in [-0.1, -0.05) is 0 Å². The maximum absolute atomic E-state index is 8.77. The van der Waals surface area contributed by atoms with Crippen molar-refractivity contribution in [2.75, 3.05) is 14.1 Å². The third kappa shape index (κ3) is 2.07. The minimum Gasteiger partial charge on any atom is -0.382 e. The number of aromatic nitrogens is 1. The summed E-state index contributed by atoms with van der Waals surface area (Å²) in [6.45, 7) is 0. The van der Waals surface area contributed by atoms with Crippen molar-refractivity contribution in [2.24, 2.45) is 0 Å². The summed E-state index contributed by atoms with van der Waals surface area (Å²) in [6, 6.07) is 2.10. The molecular weight excluding hydrogens is 170 g/mol. The van der Waals surface area contributed by atoms with Crippen molar-refractivity contribution in [3.8, 4) is 6.07 Å². The van der Waals surface area contributed by atoms with Gasteiger partial charge in [0.1, 0.15) is 16.6 Å². The van der Waals surface area contributed by atoms with Gasteiger partial charge in [0, 0.05) is 31.9 Å². The predicted molar refractivity (Wildman–Crippen MR) is 49.4 cm³/mol. The molecule has 0 unspecified atom stereocenters. The molecule has 3 nitrogen and oxygen atoms in total. The molecule has 0 aliphatic carbocycles.